The summed E-state index contributed by atoms with van der Waals surface area (Å²) in [5.41, 5.74) is 1.09. The van der Waals surface area contributed by atoms with E-state index in [-0.39, 0.29) is 0 Å². The van der Waals surface area contributed by atoms with Crippen molar-refractivity contribution in [3.8, 4) is 0 Å². The summed E-state index contributed by atoms with van der Waals surface area (Å²) in [7, 11) is 1.96. The van der Waals surface area contributed by atoms with Crippen LogP contribution in [0, 0.1) is 5.41 Å². The van der Waals surface area contributed by atoms with Crippen LogP contribution < -0.4 is 10.6 Å². The van der Waals surface area contributed by atoms with Gasteiger partial charge in [-0.1, -0.05) is 34.6 Å². The van der Waals surface area contributed by atoms with Crippen LogP contribution in [-0.2, 0) is 0 Å². The molecule has 0 aromatic heterocycles. The second kappa shape index (κ2) is 10.7. The van der Waals surface area contributed by atoms with E-state index in [2.05, 4.69) is 86.8 Å². The first-order valence-corrected chi connectivity index (χ1v) is 7.56. The van der Waals surface area contributed by atoms with Gasteiger partial charge in [-0.15, -0.1) is 0 Å². The van der Waals surface area contributed by atoms with E-state index in [1.54, 1.807) is 0 Å². The van der Waals surface area contributed by atoms with Crippen LogP contribution in [0.4, 0.5) is 0 Å². The van der Waals surface area contributed by atoms with Crippen LogP contribution in [0.15, 0.2) is 0 Å². The third-order valence-electron chi connectivity index (χ3n) is 1.66. The Kier molecular flexibility index (Phi) is 13.5. The topological polar surface area (TPSA) is 24.1 Å². The van der Waals surface area contributed by atoms with Gasteiger partial charge in [-0.05, 0) is 67.0 Å². The summed E-state index contributed by atoms with van der Waals surface area (Å²) in [5, 5.41) is 6.48. The van der Waals surface area contributed by atoms with Gasteiger partial charge in [0.2, 0.25) is 0 Å². The van der Waals surface area contributed by atoms with Crippen molar-refractivity contribution in [1.82, 2.24) is 10.6 Å². The van der Waals surface area contributed by atoms with E-state index in [0.29, 0.717) is 16.5 Å². The standard InChI is InChI=1S/C7H17N.C5H13N.C5H12/c1-5-6-8-7(2,3)4;1-5(2,3)6-4;1-5(2,3)4/h8H,5-6H2,1-4H3;6H,1-4H3;1-4H3. The van der Waals surface area contributed by atoms with Gasteiger partial charge in [0, 0.05) is 11.1 Å². The molecule has 0 bridgehead atoms. The zero-order valence-corrected chi connectivity index (χ0v) is 15.9. The SMILES string of the molecule is CC(C)(C)C.CCCNC(C)(C)C.CNC(C)(C)C. The maximum absolute atomic E-state index is 3.37. The summed E-state index contributed by atoms with van der Waals surface area (Å²) in [4.78, 5) is 0. The van der Waals surface area contributed by atoms with E-state index in [1.807, 2.05) is 7.05 Å². The van der Waals surface area contributed by atoms with Crippen molar-refractivity contribution in [3.05, 3.63) is 0 Å². The zero-order valence-electron chi connectivity index (χ0n) is 15.9. The zero-order chi connectivity index (χ0) is 16.3. The third kappa shape index (κ3) is 72.4. The molecule has 2 N–H and O–H groups in total. The molecule has 120 valence electrons. The largest absolute Gasteiger partial charge is 0.315 e. The second-order valence-corrected chi connectivity index (χ2v) is 8.68. The Morgan fingerprint density at radius 3 is 1.00 bits per heavy atom. The smallest absolute Gasteiger partial charge is 0.00965 e. The Labute approximate surface area is 124 Å². The molecular weight excluding hydrogens is 232 g/mol. The molecule has 0 amide bonds. The van der Waals surface area contributed by atoms with Gasteiger partial charge < -0.3 is 10.6 Å². The van der Waals surface area contributed by atoms with Crippen molar-refractivity contribution in [2.45, 2.75) is 93.7 Å². The van der Waals surface area contributed by atoms with Crippen LogP contribution >= 0.6 is 0 Å². The molecule has 2 heteroatoms. The number of nitrogens with one attached hydrogen (secondary N) is 2. The summed E-state index contributed by atoms with van der Waals surface area (Å²) in [6.07, 6.45) is 1.22. The number of hydrogen-bond acceptors (Lipinski definition) is 2. The highest BCUT2D eigenvalue weighted by Crippen LogP contribution is 2.08. The highest BCUT2D eigenvalue weighted by atomic mass is 14.9. The number of rotatable bonds is 2. The molecule has 0 fully saturated rings. The lowest BCUT2D eigenvalue weighted by Gasteiger charge is -2.19. The maximum atomic E-state index is 3.37. The molecule has 0 aliphatic heterocycles. The summed E-state index contributed by atoms with van der Waals surface area (Å²) in [5.74, 6) is 0. The van der Waals surface area contributed by atoms with Crippen molar-refractivity contribution in [2.75, 3.05) is 13.6 Å². The van der Waals surface area contributed by atoms with Gasteiger partial charge in [0.25, 0.3) is 0 Å². The van der Waals surface area contributed by atoms with E-state index < -0.39 is 0 Å². The first-order chi connectivity index (χ1) is 8.12. The predicted octanol–water partition coefficient (Wildman–Crippen LogP) is 4.84. The van der Waals surface area contributed by atoms with Crippen molar-refractivity contribution in [3.63, 3.8) is 0 Å². The van der Waals surface area contributed by atoms with Crippen LogP contribution in [0.25, 0.3) is 0 Å². The lowest BCUT2D eigenvalue weighted by Crippen LogP contribution is -2.36. The maximum Gasteiger partial charge on any atom is 0.00965 e. The van der Waals surface area contributed by atoms with E-state index in [1.165, 1.54) is 6.42 Å². The van der Waals surface area contributed by atoms with Crippen LogP contribution in [-0.4, -0.2) is 24.7 Å². The molecule has 0 radical (unpaired) electrons. The molecule has 0 rings (SSSR count). The van der Waals surface area contributed by atoms with Gasteiger partial charge in [-0.25, -0.2) is 0 Å². The summed E-state index contributed by atoms with van der Waals surface area (Å²) in [6.45, 7) is 25.0. The molecule has 0 atom stereocenters. The van der Waals surface area contributed by atoms with Crippen molar-refractivity contribution < 1.29 is 0 Å². The molecule has 0 aromatic carbocycles. The van der Waals surface area contributed by atoms with Crippen molar-refractivity contribution in [2.24, 2.45) is 5.41 Å². The van der Waals surface area contributed by atoms with Crippen molar-refractivity contribution >= 4 is 0 Å². The van der Waals surface area contributed by atoms with E-state index in [0.717, 1.165) is 6.54 Å². The van der Waals surface area contributed by atoms with Crippen LogP contribution in [0.2, 0.25) is 0 Å². The Bertz CT molecular complexity index is 171. The van der Waals surface area contributed by atoms with Gasteiger partial charge in [-0.2, -0.15) is 0 Å². The molecule has 0 aromatic rings. The average molecular weight is 275 g/mol. The molecule has 0 saturated carbocycles. The minimum atomic E-state index is 0.292. The summed E-state index contributed by atoms with van der Waals surface area (Å²) < 4.78 is 0. The average Bonchev–Trinajstić information content (AvgIpc) is 2.11. The van der Waals surface area contributed by atoms with Crippen LogP contribution in [0.5, 0.6) is 0 Å². The molecule has 0 unspecified atom stereocenters. The normalized spacial score (nSPS) is 12.0. The molecule has 0 aliphatic rings. The fourth-order valence-electron chi connectivity index (χ4n) is 0.500. The Morgan fingerprint density at radius 2 is 0.947 bits per heavy atom. The number of hydrogen-bond donors (Lipinski definition) is 2. The summed E-state index contributed by atoms with van der Waals surface area (Å²) >= 11 is 0. The first-order valence-electron chi connectivity index (χ1n) is 7.56. The van der Waals surface area contributed by atoms with E-state index >= 15 is 0 Å². The minimum absolute atomic E-state index is 0.292. The molecule has 2 nitrogen and oxygen atoms in total. The highest BCUT2D eigenvalue weighted by Gasteiger charge is 2.05. The molecule has 0 heterocycles. The lowest BCUT2D eigenvalue weighted by atomic mass is 10.0. The molecule has 19 heavy (non-hydrogen) atoms. The van der Waals surface area contributed by atoms with Crippen LogP contribution in [0.1, 0.15) is 82.6 Å². The van der Waals surface area contributed by atoms with Gasteiger partial charge >= 0.3 is 0 Å². The Morgan fingerprint density at radius 1 is 0.684 bits per heavy atom. The highest BCUT2D eigenvalue weighted by molar-refractivity contribution is 4.68. The predicted molar refractivity (Wildman–Crippen MR) is 92.0 cm³/mol. The molecular formula is C17H42N2. The quantitative estimate of drug-likeness (QED) is 0.753. The summed E-state index contributed by atoms with van der Waals surface area (Å²) in [6, 6.07) is 0. The van der Waals surface area contributed by atoms with Gasteiger partial charge in [0.05, 0.1) is 0 Å². The second-order valence-electron chi connectivity index (χ2n) is 8.68. The van der Waals surface area contributed by atoms with E-state index in [9.17, 15) is 0 Å². The fraction of sp³-hybridized carbons (Fsp3) is 1.00. The third-order valence-corrected chi connectivity index (χ3v) is 1.66. The Hall–Kier alpha value is -0.0800. The molecule has 0 aliphatic carbocycles. The van der Waals surface area contributed by atoms with Crippen LogP contribution in [0.3, 0.4) is 0 Å². The monoisotopic (exact) mass is 274 g/mol. The Balaban J connectivity index is -0.000000209. The van der Waals surface area contributed by atoms with Gasteiger partial charge in [-0.3, -0.25) is 0 Å². The minimum Gasteiger partial charge on any atom is -0.315 e. The fourth-order valence-corrected chi connectivity index (χ4v) is 0.500. The van der Waals surface area contributed by atoms with Gasteiger partial charge in [0.1, 0.15) is 0 Å². The van der Waals surface area contributed by atoms with Crippen molar-refractivity contribution in [1.29, 1.82) is 0 Å². The van der Waals surface area contributed by atoms with Gasteiger partial charge in [0.15, 0.2) is 0 Å². The molecule has 0 saturated heterocycles. The first kappa shape index (κ1) is 24.0. The lowest BCUT2D eigenvalue weighted by molar-refractivity contribution is 0.427. The molecule has 0 spiro atoms. The van der Waals surface area contributed by atoms with E-state index in [4.69, 9.17) is 0 Å².